The minimum absolute atomic E-state index is 0.0620. The lowest BCUT2D eigenvalue weighted by molar-refractivity contribution is -0.146. The Hall–Kier alpha value is -1.44. The predicted octanol–water partition coefficient (Wildman–Crippen LogP) is 1.72. The maximum Gasteiger partial charge on any atom is 0.234 e. The Labute approximate surface area is 134 Å². The number of amides is 1. The Bertz CT molecular complexity index is 521. The minimum atomic E-state index is -0.458. The number of carbonyl (C=O) groups excluding carboxylic acids is 1. The van der Waals surface area contributed by atoms with Gasteiger partial charge in [0.15, 0.2) is 6.29 Å². The number of rotatable bonds is 7. The summed E-state index contributed by atoms with van der Waals surface area (Å²) in [6.07, 6.45) is -0.458. The molecule has 0 radical (unpaired) electrons. The van der Waals surface area contributed by atoms with Gasteiger partial charge in [0.25, 0.3) is 0 Å². The number of thioether (sulfide) groups is 1. The smallest absolute Gasteiger partial charge is 0.234 e. The number of nitrogens with zero attached hydrogens (tertiary/aromatic N) is 1. The number of carbonyl (C=O) groups is 1. The van der Waals surface area contributed by atoms with Crippen molar-refractivity contribution in [1.82, 2.24) is 4.90 Å². The molecule has 0 bridgehead atoms. The zero-order chi connectivity index (χ0) is 16.1. The SMILES string of the molecule is COc1ccc(CN2C(=O)CSC2C(OC)OC)c(OC)c1. The van der Waals surface area contributed by atoms with Crippen LogP contribution in [-0.2, 0) is 20.8 Å². The van der Waals surface area contributed by atoms with Crippen molar-refractivity contribution in [2.24, 2.45) is 0 Å². The zero-order valence-electron chi connectivity index (χ0n) is 13.2. The van der Waals surface area contributed by atoms with Crippen LogP contribution in [0.5, 0.6) is 11.5 Å². The van der Waals surface area contributed by atoms with Crippen molar-refractivity contribution in [2.75, 3.05) is 34.2 Å². The third kappa shape index (κ3) is 3.48. The molecule has 1 aliphatic heterocycles. The first-order valence-corrected chi connectivity index (χ1v) is 7.87. The highest BCUT2D eigenvalue weighted by atomic mass is 32.2. The Morgan fingerprint density at radius 2 is 1.95 bits per heavy atom. The third-order valence-corrected chi connectivity index (χ3v) is 4.77. The first kappa shape index (κ1) is 16.9. The topological polar surface area (TPSA) is 57.2 Å². The summed E-state index contributed by atoms with van der Waals surface area (Å²) in [5.41, 5.74) is 0.912. The molecule has 1 unspecified atom stereocenters. The third-order valence-electron chi connectivity index (χ3n) is 3.54. The van der Waals surface area contributed by atoms with Crippen molar-refractivity contribution in [1.29, 1.82) is 0 Å². The van der Waals surface area contributed by atoms with Gasteiger partial charge in [0.2, 0.25) is 5.91 Å². The van der Waals surface area contributed by atoms with Crippen LogP contribution in [-0.4, -0.2) is 56.7 Å². The highest BCUT2D eigenvalue weighted by Gasteiger charge is 2.38. The Morgan fingerprint density at radius 3 is 2.55 bits per heavy atom. The van der Waals surface area contributed by atoms with E-state index in [1.807, 2.05) is 18.2 Å². The average Bonchev–Trinajstić information content (AvgIpc) is 2.90. The molecule has 1 heterocycles. The Balaban J connectivity index is 2.22. The van der Waals surface area contributed by atoms with E-state index >= 15 is 0 Å². The van der Waals surface area contributed by atoms with Gasteiger partial charge in [0.05, 0.1) is 26.5 Å². The molecule has 1 aromatic carbocycles. The molecule has 0 aromatic heterocycles. The van der Waals surface area contributed by atoms with Crippen molar-refractivity contribution >= 4 is 17.7 Å². The lowest BCUT2D eigenvalue weighted by Crippen LogP contribution is -2.41. The van der Waals surface area contributed by atoms with Gasteiger partial charge in [-0.05, 0) is 12.1 Å². The second kappa shape index (κ2) is 7.71. The minimum Gasteiger partial charge on any atom is -0.497 e. The summed E-state index contributed by atoms with van der Waals surface area (Å²) in [4.78, 5) is 13.9. The van der Waals surface area contributed by atoms with E-state index in [0.29, 0.717) is 23.8 Å². The highest BCUT2D eigenvalue weighted by molar-refractivity contribution is 8.01. The molecule has 7 heteroatoms. The summed E-state index contributed by atoms with van der Waals surface area (Å²) < 4.78 is 21.2. The monoisotopic (exact) mass is 327 g/mol. The standard InChI is InChI=1S/C15H21NO5S/c1-18-11-6-5-10(12(7-11)19-2)8-16-13(17)9-22-14(16)15(20-3)21-4/h5-7,14-15H,8-9H2,1-4H3. The normalized spacial score (nSPS) is 18.1. The zero-order valence-corrected chi connectivity index (χ0v) is 14.0. The summed E-state index contributed by atoms with van der Waals surface area (Å²) in [6, 6.07) is 5.56. The second-order valence-corrected chi connectivity index (χ2v) is 5.85. The van der Waals surface area contributed by atoms with Crippen molar-refractivity contribution in [3.05, 3.63) is 23.8 Å². The number of hydrogen-bond donors (Lipinski definition) is 0. The van der Waals surface area contributed by atoms with Crippen LogP contribution < -0.4 is 9.47 Å². The highest BCUT2D eigenvalue weighted by Crippen LogP contribution is 2.33. The first-order chi connectivity index (χ1) is 10.6. The largest absolute Gasteiger partial charge is 0.497 e. The van der Waals surface area contributed by atoms with Gasteiger partial charge in [-0.25, -0.2) is 0 Å². The van der Waals surface area contributed by atoms with Crippen LogP contribution in [0.25, 0.3) is 0 Å². The molecule has 0 saturated carbocycles. The van der Waals surface area contributed by atoms with Crippen LogP contribution in [0.1, 0.15) is 5.56 Å². The van der Waals surface area contributed by atoms with Gasteiger partial charge >= 0.3 is 0 Å². The van der Waals surface area contributed by atoms with Crippen LogP contribution in [0.3, 0.4) is 0 Å². The molecule has 0 spiro atoms. The van der Waals surface area contributed by atoms with Crippen LogP contribution in [0.15, 0.2) is 18.2 Å². The fourth-order valence-electron chi connectivity index (χ4n) is 2.37. The number of hydrogen-bond acceptors (Lipinski definition) is 6. The van der Waals surface area contributed by atoms with Gasteiger partial charge in [-0.3, -0.25) is 4.79 Å². The van der Waals surface area contributed by atoms with E-state index in [4.69, 9.17) is 18.9 Å². The number of benzene rings is 1. The molecule has 1 fully saturated rings. The molecule has 0 aliphatic carbocycles. The fraction of sp³-hybridized carbons (Fsp3) is 0.533. The Kier molecular flexibility index (Phi) is 5.93. The molecule has 122 valence electrons. The van der Waals surface area contributed by atoms with E-state index < -0.39 is 6.29 Å². The molecule has 1 aliphatic rings. The molecule has 1 amide bonds. The predicted molar refractivity (Wildman–Crippen MR) is 84.1 cm³/mol. The molecule has 0 N–H and O–H groups in total. The number of ether oxygens (including phenoxy) is 4. The van der Waals surface area contributed by atoms with Gasteiger partial charge in [-0.1, -0.05) is 0 Å². The summed E-state index contributed by atoms with van der Waals surface area (Å²) >= 11 is 1.52. The van der Waals surface area contributed by atoms with E-state index in [1.165, 1.54) is 11.8 Å². The summed E-state index contributed by atoms with van der Waals surface area (Å²) in [5.74, 6) is 1.89. The van der Waals surface area contributed by atoms with E-state index in [-0.39, 0.29) is 11.3 Å². The van der Waals surface area contributed by atoms with Gasteiger partial charge in [-0.15, -0.1) is 11.8 Å². The molecule has 6 nitrogen and oxygen atoms in total. The van der Waals surface area contributed by atoms with Crippen LogP contribution >= 0.6 is 11.8 Å². The molecule has 22 heavy (non-hydrogen) atoms. The van der Waals surface area contributed by atoms with Crippen LogP contribution in [0, 0.1) is 0 Å². The summed E-state index contributed by atoms with van der Waals surface area (Å²) in [5, 5.41) is -0.172. The van der Waals surface area contributed by atoms with Gasteiger partial charge in [-0.2, -0.15) is 0 Å². The molecule has 1 atom stereocenters. The molecule has 2 rings (SSSR count). The molecular weight excluding hydrogens is 306 g/mol. The molecular formula is C15H21NO5S. The van der Waals surface area contributed by atoms with E-state index in [1.54, 1.807) is 33.3 Å². The van der Waals surface area contributed by atoms with Gasteiger partial charge in [0.1, 0.15) is 16.9 Å². The maximum atomic E-state index is 12.2. The lowest BCUT2D eigenvalue weighted by Gasteiger charge is -2.29. The van der Waals surface area contributed by atoms with Crippen molar-refractivity contribution < 1.29 is 23.7 Å². The van der Waals surface area contributed by atoms with Crippen molar-refractivity contribution in [3.63, 3.8) is 0 Å². The maximum absolute atomic E-state index is 12.2. The van der Waals surface area contributed by atoms with Crippen LogP contribution in [0.2, 0.25) is 0 Å². The van der Waals surface area contributed by atoms with E-state index in [2.05, 4.69) is 0 Å². The quantitative estimate of drug-likeness (QED) is 0.711. The van der Waals surface area contributed by atoms with Crippen molar-refractivity contribution in [3.8, 4) is 11.5 Å². The van der Waals surface area contributed by atoms with E-state index in [9.17, 15) is 4.79 Å². The molecule has 1 aromatic rings. The first-order valence-electron chi connectivity index (χ1n) is 6.82. The Morgan fingerprint density at radius 1 is 1.23 bits per heavy atom. The summed E-state index contributed by atoms with van der Waals surface area (Å²) in [6.45, 7) is 0.437. The summed E-state index contributed by atoms with van der Waals surface area (Å²) in [7, 11) is 6.35. The van der Waals surface area contributed by atoms with Gasteiger partial charge in [0, 0.05) is 25.8 Å². The van der Waals surface area contributed by atoms with E-state index in [0.717, 1.165) is 5.56 Å². The average molecular weight is 327 g/mol. The second-order valence-electron chi connectivity index (χ2n) is 4.74. The molecule has 1 saturated heterocycles. The van der Waals surface area contributed by atoms with Crippen molar-refractivity contribution in [2.45, 2.75) is 18.2 Å². The number of methoxy groups -OCH3 is 4. The van der Waals surface area contributed by atoms with Crippen LogP contribution in [0.4, 0.5) is 0 Å². The lowest BCUT2D eigenvalue weighted by atomic mass is 10.1. The fourth-order valence-corrected chi connectivity index (χ4v) is 3.60. The van der Waals surface area contributed by atoms with Gasteiger partial charge < -0.3 is 23.8 Å².